The second-order valence-corrected chi connectivity index (χ2v) is 5.78. The Kier molecular flexibility index (Phi) is 4.95. The van der Waals surface area contributed by atoms with Crippen LogP contribution in [0.1, 0.15) is 16.8 Å². The number of aryl methyl sites for hydroxylation is 1. The summed E-state index contributed by atoms with van der Waals surface area (Å²) in [7, 11) is 1.96. The number of hydrogen-bond acceptors (Lipinski definition) is 4. The minimum absolute atomic E-state index is 0.0256. The van der Waals surface area contributed by atoms with Gasteiger partial charge in [-0.1, -0.05) is 6.07 Å². The van der Waals surface area contributed by atoms with Crippen molar-refractivity contribution in [3.63, 3.8) is 0 Å². The van der Waals surface area contributed by atoms with Crippen molar-refractivity contribution in [2.24, 2.45) is 7.05 Å². The first-order valence-electron chi connectivity index (χ1n) is 7.85. The van der Waals surface area contributed by atoms with Gasteiger partial charge in [0.05, 0.1) is 32.0 Å². The minimum Gasteiger partial charge on any atom is -0.394 e. The molecular weight excluding hydrogens is 296 g/mol. The van der Waals surface area contributed by atoms with Crippen molar-refractivity contribution in [2.75, 3.05) is 26.4 Å². The van der Waals surface area contributed by atoms with Gasteiger partial charge in [0.1, 0.15) is 0 Å². The molecule has 2 N–H and O–H groups in total. The van der Waals surface area contributed by atoms with Crippen LogP contribution in [0.3, 0.4) is 0 Å². The molecule has 1 aromatic heterocycles. The number of ether oxygens (including phenoxy) is 2. The molecule has 6 heteroatoms. The fraction of sp³-hybridized carbons (Fsp3) is 0.471. The van der Waals surface area contributed by atoms with Gasteiger partial charge in [0.2, 0.25) is 0 Å². The van der Waals surface area contributed by atoms with E-state index in [2.05, 4.69) is 5.32 Å². The Morgan fingerprint density at radius 3 is 3.17 bits per heavy atom. The van der Waals surface area contributed by atoms with Crippen LogP contribution in [0.15, 0.2) is 30.5 Å². The molecule has 1 fully saturated rings. The fourth-order valence-corrected chi connectivity index (χ4v) is 2.91. The first-order valence-corrected chi connectivity index (χ1v) is 7.85. The van der Waals surface area contributed by atoms with Crippen LogP contribution in [0.4, 0.5) is 0 Å². The number of aromatic nitrogens is 1. The van der Waals surface area contributed by atoms with E-state index in [9.17, 15) is 4.79 Å². The highest BCUT2D eigenvalue weighted by Crippen LogP contribution is 2.18. The zero-order valence-corrected chi connectivity index (χ0v) is 13.2. The maximum absolute atomic E-state index is 12.5. The number of rotatable bonds is 5. The maximum Gasteiger partial charge on any atom is 0.251 e. The van der Waals surface area contributed by atoms with Crippen LogP contribution in [-0.4, -0.2) is 54.2 Å². The lowest BCUT2D eigenvalue weighted by Gasteiger charge is -2.32. The number of benzene rings is 1. The molecule has 0 bridgehead atoms. The molecule has 0 spiro atoms. The van der Waals surface area contributed by atoms with Gasteiger partial charge < -0.3 is 24.5 Å². The second-order valence-electron chi connectivity index (χ2n) is 5.78. The molecule has 6 nitrogen and oxygen atoms in total. The van der Waals surface area contributed by atoms with Crippen molar-refractivity contribution >= 4 is 16.8 Å². The van der Waals surface area contributed by atoms with Crippen molar-refractivity contribution in [1.82, 2.24) is 9.88 Å². The summed E-state index contributed by atoms with van der Waals surface area (Å²) in [4.78, 5) is 12.5. The average Bonchev–Trinajstić information content (AvgIpc) is 2.95. The van der Waals surface area contributed by atoms with Crippen molar-refractivity contribution < 1.29 is 19.4 Å². The summed E-state index contributed by atoms with van der Waals surface area (Å²) in [6, 6.07) is 7.47. The first kappa shape index (κ1) is 16.0. The molecule has 2 heterocycles. The Balaban J connectivity index is 1.71. The molecular formula is C17H22N2O4. The Hall–Kier alpha value is -1.89. The van der Waals surface area contributed by atoms with Gasteiger partial charge in [-0.3, -0.25) is 4.79 Å². The normalized spacial score (nSPS) is 21.5. The van der Waals surface area contributed by atoms with E-state index in [0.29, 0.717) is 25.2 Å². The Labute approximate surface area is 135 Å². The molecule has 23 heavy (non-hydrogen) atoms. The van der Waals surface area contributed by atoms with Crippen molar-refractivity contribution in [1.29, 1.82) is 0 Å². The van der Waals surface area contributed by atoms with Gasteiger partial charge in [-0.25, -0.2) is 0 Å². The quantitative estimate of drug-likeness (QED) is 0.865. The highest BCUT2D eigenvalue weighted by atomic mass is 16.5. The second kappa shape index (κ2) is 7.12. The summed E-state index contributed by atoms with van der Waals surface area (Å²) in [5.41, 5.74) is 1.64. The van der Waals surface area contributed by atoms with Crippen molar-refractivity contribution in [2.45, 2.75) is 18.6 Å². The zero-order valence-electron chi connectivity index (χ0n) is 13.2. The van der Waals surface area contributed by atoms with Gasteiger partial charge in [-0.15, -0.1) is 0 Å². The number of hydrogen-bond donors (Lipinski definition) is 2. The van der Waals surface area contributed by atoms with E-state index in [1.165, 1.54) is 0 Å². The number of carbonyl (C=O) groups is 1. The third kappa shape index (κ3) is 3.55. The summed E-state index contributed by atoms with van der Waals surface area (Å²) in [6.07, 6.45) is 2.56. The van der Waals surface area contributed by atoms with Crippen LogP contribution in [0.25, 0.3) is 10.9 Å². The van der Waals surface area contributed by atoms with Gasteiger partial charge in [0.15, 0.2) is 0 Å². The number of fused-ring (bicyclic) bond motifs is 1. The van der Waals surface area contributed by atoms with E-state index in [4.69, 9.17) is 14.6 Å². The SMILES string of the molecule is Cn1ccc2ccc(C(=O)N[C@@H]3COCC[C@@H]3OCCO)cc21. The molecule has 3 rings (SSSR count). The summed E-state index contributed by atoms with van der Waals surface area (Å²) in [5, 5.41) is 13.0. The summed E-state index contributed by atoms with van der Waals surface area (Å²) in [6.45, 7) is 1.28. The lowest BCUT2D eigenvalue weighted by molar-refractivity contribution is -0.0612. The number of amides is 1. The fourth-order valence-electron chi connectivity index (χ4n) is 2.91. The van der Waals surface area contributed by atoms with Gasteiger partial charge in [0, 0.05) is 30.9 Å². The smallest absolute Gasteiger partial charge is 0.251 e. The van der Waals surface area contributed by atoms with Crippen molar-refractivity contribution in [3.8, 4) is 0 Å². The molecule has 0 saturated carbocycles. The number of aliphatic hydroxyl groups is 1. The van der Waals surface area contributed by atoms with Gasteiger partial charge >= 0.3 is 0 Å². The maximum atomic E-state index is 12.5. The van der Waals surface area contributed by atoms with Crippen LogP contribution in [-0.2, 0) is 16.5 Å². The number of nitrogens with one attached hydrogen (secondary N) is 1. The molecule has 0 radical (unpaired) electrons. The lowest BCUT2D eigenvalue weighted by atomic mass is 10.1. The monoisotopic (exact) mass is 318 g/mol. The topological polar surface area (TPSA) is 72.7 Å². The van der Waals surface area contributed by atoms with Crippen LogP contribution < -0.4 is 5.32 Å². The highest BCUT2D eigenvalue weighted by molar-refractivity contribution is 5.98. The van der Waals surface area contributed by atoms with Crippen LogP contribution in [0, 0.1) is 0 Å². The van der Waals surface area contributed by atoms with E-state index >= 15 is 0 Å². The number of carbonyl (C=O) groups excluding carboxylic acids is 1. The van der Waals surface area contributed by atoms with E-state index in [-0.39, 0.29) is 31.3 Å². The zero-order chi connectivity index (χ0) is 16.2. The Morgan fingerprint density at radius 2 is 2.35 bits per heavy atom. The number of aliphatic hydroxyl groups excluding tert-OH is 1. The third-order valence-electron chi connectivity index (χ3n) is 4.18. The molecule has 2 atom stereocenters. The summed E-state index contributed by atoms with van der Waals surface area (Å²) >= 11 is 0. The van der Waals surface area contributed by atoms with Gasteiger partial charge in [-0.05, 0) is 30.0 Å². The van der Waals surface area contributed by atoms with Gasteiger partial charge in [0.25, 0.3) is 5.91 Å². The summed E-state index contributed by atoms with van der Waals surface area (Å²) in [5.74, 6) is -0.138. The first-order chi connectivity index (χ1) is 11.2. The summed E-state index contributed by atoms with van der Waals surface area (Å²) < 4.78 is 13.0. The van der Waals surface area contributed by atoms with Gasteiger partial charge in [-0.2, -0.15) is 0 Å². The third-order valence-corrected chi connectivity index (χ3v) is 4.18. The molecule has 1 aromatic carbocycles. The van der Waals surface area contributed by atoms with Crippen LogP contribution >= 0.6 is 0 Å². The predicted molar refractivity (Wildman–Crippen MR) is 86.4 cm³/mol. The minimum atomic E-state index is -0.202. The van der Waals surface area contributed by atoms with Crippen molar-refractivity contribution in [3.05, 3.63) is 36.0 Å². The van der Waals surface area contributed by atoms with E-state index < -0.39 is 0 Å². The Bertz CT molecular complexity index is 682. The van der Waals surface area contributed by atoms with E-state index in [0.717, 1.165) is 10.9 Å². The Morgan fingerprint density at radius 1 is 1.48 bits per heavy atom. The lowest BCUT2D eigenvalue weighted by Crippen LogP contribution is -2.50. The van der Waals surface area contributed by atoms with Crippen LogP contribution in [0.5, 0.6) is 0 Å². The molecule has 1 amide bonds. The predicted octanol–water partition coefficient (Wildman–Crippen LogP) is 1.07. The standard InChI is InChI=1S/C17H22N2O4/c1-19-6-4-12-2-3-13(10-15(12)19)17(21)18-14-11-22-8-5-16(14)23-9-7-20/h2-4,6,10,14,16,20H,5,7-9,11H2,1H3,(H,18,21)/t14-,16+/m1/s1. The van der Waals surface area contributed by atoms with Crippen LogP contribution in [0.2, 0.25) is 0 Å². The van der Waals surface area contributed by atoms with E-state index in [1.807, 2.05) is 42.1 Å². The molecule has 124 valence electrons. The molecule has 1 aliphatic rings. The highest BCUT2D eigenvalue weighted by Gasteiger charge is 2.28. The molecule has 0 aliphatic carbocycles. The average molecular weight is 318 g/mol. The van der Waals surface area contributed by atoms with E-state index in [1.54, 1.807) is 0 Å². The largest absolute Gasteiger partial charge is 0.394 e. The molecule has 2 aromatic rings. The molecule has 1 saturated heterocycles. The molecule has 0 unspecified atom stereocenters. The molecule has 1 aliphatic heterocycles. The number of nitrogens with zero attached hydrogens (tertiary/aromatic N) is 1.